The van der Waals surface area contributed by atoms with Crippen molar-refractivity contribution in [3.63, 3.8) is 0 Å². The molecule has 1 atom stereocenters. The van der Waals surface area contributed by atoms with Gasteiger partial charge in [0.1, 0.15) is 0 Å². The SMILES string of the molecule is NC([C]=O)CC1=CCCOC1. The average molecular weight is 154 g/mol. The quantitative estimate of drug-likeness (QED) is 0.589. The van der Waals surface area contributed by atoms with Gasteiger partial charge in [0.2, 0.25) is 6.29 Å². The first kappa shape index (κ1) is 8.43. The molecule has 1 aliphatic heterocycles. The molecule has 0 bridgehead atoms. The summed E-state index contributed by atoms with van der Waals surface area (Å²) >= 11 is 0. The lowest BCUT2D eigenvalue weighted by atomic mass is 10.1. The zero-order valence-corrected chi connectivity index (χ0v) is 6.38. The summed E-state index contributed by atoms with van der Waals surface area (Å²) < 4.78 is 5.17. The second kappa shape index (κ2) is 4.26. The minimum atomic E-state index is -0.483. The lowest BCUT2D eigenvalue weighted by molar-refractivity contribution is 0.148. The maximum absolute atomic E-state index is 10.1. The average Bonchev–Trinajstić information content (AvgIpc) is 2.06. The molecule has 0 amide bonds. The van der Waals surface area contributed by atoms with Gasteiger partial charge in [0, 0.05) is 0 Å². The molecule has 0 aromatic carbocycles. The second-order valence-electron chi connectivity index (χ2n) is 2.63. The summed E-state index contributed by atoms with van der Waals surface area (Å²) in [6, 6.07) is -0.483. The summed E-state index contributed by atoms with van der Waals surface area (Å²) in [6.45, 7) is 1.40. The zero-order chi connectivity index (χ0) is 8.10. The Morgan fingerprint density at radius 1 is 1.82 bits per heavy atom. The van der Waals surface area contributed by atoms with Gasteiger partial charge in [-0.1, -0.05) is 6.08 Å². The van der Waals surface area contributed by atoms with Crippen molar-refractivity contribution in [1.82, 2.24) is 0 Å². The molecule has 0 aromatic rings. The minimum Gasteiger partial charge on any atom is -0.377 e. The van der Waals surface area contributed by atoms with E-state index in [9.17, 15) is 4.79 Å². The molecular weight excluding hydrogens is 142 g/mol. The highest BCUT2D eigenvalue weighted by molar-refractivity contribution is 5.58. The first-order chi connectivity index (χ1) is 5.33. The molecule has 0 spiro atoms. The number of hydrogen-bond donors (Lipinski definition) is 1. The first-order valence-corrected chi connectivity index (χ1v) is 3.72. The van der Waals surface area contributed by atoms with Crippen molar-refractivity contribution in [3.05, 3.63) is 11.6 Å². The van der Waals surface area contributed by atoms with E-state index in [4.69, 9.17) is 10.5 Å². The van der Waals surface area contributed by atoms with Gasteiger partial charge in [0.15, 0.2) is 0 Å². The zero-order valence-electron chi connectivity index (χ0n) is 6.38. The fraction of sp³-hybridized carbons (Fsp3) is 0.625. The Hall–Kier alpha value is -0.670. The van der Waals surface area contributed by atoms with Crippen LogP contribution in [0.1, 0.15) is 12.8 Å². The van der Waals surface area contributed by atoms with E-state index in [1.54, 1.807) is 6.29 Å². The molecule has 3 heteroatoms. The Morgan fingerprint density at radius 3 is 3.18 bits per heavy atom. The van der Waals surface area contributed by atoms with Crippen LogP contribution in [0.15, 0.2) is 11.6 Å². The van der Waals surface area contributed by atoms with Crippen LogP contribution in [0.2, 0.25) is 0 Å². The fourth-order valence-corrected chi connectivity index (χ4v) is 1.07. The summed E-state index contributed by atoms with van der Waals surface area (Å²) in [5, 5.41) is 0. The van der Waals surface area contributed by atoms with Crippen LogP contribution < -0.4 is 5.73 Å². The predicted molar refractivity (Wildman–Crippen MR) is 41.8 cm³/mol. The van der Waals surface area contributed by atoms with E-state index >= 15 is 0 Å². The molecule has 0 fully saturated rings. The Labute approximate surface area is 66.2 Å². The van der Waals surface area contributed by atoms with Crippen molar-refractivity contribution >= 4 is 6.29 Å². The van der Waals surface area contributed by atoms with E-state index < -0.39 is 6.04 Å². The van der Waals surface area contributed by atoms with Crippen molar-refractivity contribution < 1.29 is 9.53 Å². The van der Waals surface area contributed by atoms with Gasteiger partial charge in [-0.05, 0) is 18.4 Å². The molecule has 1 unspecified atom stereocenters. The topological polar surface area (TPSA) is 52.3 Å². The van der Waals surface area contributed by atoms with Crippen molar-refractivity contribution in [2.24, 2.45) is 5.73 Å². The molecule has 0 saturated carbocycles. The van der Waals surface area contributed by atoms with Crippen molar-refractivity contribution in [1.29, 1.82) is 0 Å². The third kappa shape index (κ3) is 2.82. The van der Waals surface area contributed by atoms with Gasteiger partial charge < -0.3 is 10.5 Å². The van der Waals surface area contributed by atoms with Crippen molar-refractivity contribution in [2.75, 3.05) is 13.2 Å². The van der Waals surface area contributed by atoms with Crippen molar-refractivity contribution in [2.45, 2.75) is 18.9 Å². The van der Waals surface area contributed by atoms with Crippen LogP contribution in [0.25, 0.3) is 0 Å². The standard InChI is InChI=1S/C8H12NO2/c9-8(5-10)4-7-2-1-3-11-6-7/h2,8H,1,3-4,6,9H2. The lowest BCUT2D eigenvalue weighted by Crippen LogP contribution is -2.23. The largest absolute Gasteiger partial charge is 0.377 e. The third-order valence-corrected chi connectivity index (χ3v) is 1.62. The summed E-state index contributed by atoms with van der Waals surface area (Å²) in [6.07, 6.45) is 5.35. The summed E-state index contributed by atoms with van der Waals surface area (Å²) in [7, 11) is 0. The van der Waals surface area contributed by atoms with Crippen LogP contribution in [0.4, 0.5) is 0 Å². The molecule has 2 N–H and O–H groups in total. The smallest absolute Gasteiger partial charge is 0.216 e. The predicted octanol–water partition coefficient (Wildman–Crippen LogP) is 0.160. The van der Waals surface area contributed by atoms with E-state index in [1.807, 2.05) is 0 Å². The van der Waals surface area contributed by atoms with Gasteiger partial charge >= 0.3 is 0 Å². The highest BCUT2D eigenvalue weighted by Gasteiger charge is 2.08. The number of rotatable bonds is 3. The normalized spacial score (nSPS) is 20.6. The van der Waals surface area contributed by atoms with E-state index in [-0.39, 0.29) is 0 Å². The molecular formula is C8H12NO2. The maximum Gasteiger partial charge on any atom is 0.216 e. The lowest BCUT2D eigenvalue weighted by Gasteiger charge is -2.14. The van der Waals surface area contributed by atoms with E-state index in [1.165, 1.54) is 0 Å². The summed E-state index contributed by atoms with van der Waals surface area (Å²) in [5.74, 6) is 0. The maximum atomic E-state index is 10.1. The summed E-state index contributed by atoms with van der Waals surface area (Å²) in [5.41, 5.74) is 6.50. The molecule has 0 saturated heterocycles. The van der Waals surface area contributed by atoms with Crippen LogP contribution in [0.5, 0.6) is 0 Å². The van der Waals surface area contributed by atoms with Crippen LogP contribution >= 0.6 is 0 Å². The van der Waals surface area contributed by atoms with Gasteiger partial charge in [0.05, 0.1) is 19.3 Å². The molecule has 0 aliphatic carbocycles. The van der Waals surface area contributed by atoms with Gasteiger partial charge in [-0.2, -0.15) is 0 Å². The van der Waals surface area contributed by atoms with Gasteiger partial charge in [-0.15, -0.1) is 0 Å². The van der Waals surface area contributed by atoms with Crippen LogP contribution in [0.3, 0.4) is 0 Å². The molecule has 1 radical (unpaired) electrons. The Bertz CT molecular complexity index is 165. The second-order valence-corrected chi connectivity index (χ2v) is 2.63. The number of nitrogens with two attached hydrogens (primary N) is 1. The number of carbonyl (C=O) groups excluding carboxylic acids is 1. The van der Waals surface area contributed by atoms with Crippen LogP contribution in [-0.2, 0) is 9.53 Å². The third-order valence-electron chi connectivity index (χ3n) is 1.62. The van der Waals surface area contributed by atoms with Crippen LogP contribution in [0, 0.1) is 0 Å². The van der Waals surface area contributed by atoms with E-state index in [2.05, 4.69) is 6.08 Å². The first-order valence-electron chi connectivity index (χ1n) is 3.72. The Kier molecular flexibility index (Phi) is 3.26. The highest BCUT2D eigenvalue weighted by Crippen LogP contribution is 2.10. The van der Waals surface area contributed by atoms with Gasteiger partial charge in [0.25, 0.3) is 0 Å². The van der Waals surface area contributed by atoms with Crippen molar-refractivity contribution in [3.8, 4) is 0 Å². The Morgan fingerprint density at radius 2 is 2.64 bits per heavy atom. The van der Waals surface area contributed by atoms with Crippen LogP contribution in [-0.4, -0.2) is 25.5 Å². The van der Waals surface area contributed by atoms with E-state index in [0.717, 1.165) is 18.6 Å². The molecule has 11 heavy (non-hydrogen) atoms. The monoisotopic (exact) mass is 154 g/mol. The molecule has 0 aromatic heterocycles. The fourth-order valence-electron chi connectivity index (χ4n) is 1.07. The molecule has 61 valence electrons. The van der Waals surface area contributed by atoms with E-state index in [0.29, 0.717) is 13.0 Å². The number of hydrogen-bond acceptors (Lipinski definition) is 3. The Balaban J connectivity index is 2.34. The molecule has 1 rings (SSSR count). The minimum absolute atomic E-state index is 0.483. The van der Waals surface area contributed by atoms with Gasteiger partial charge in [-0.3, -0.25) is 4.79 Å². The summed E-state index contributed by atoms with van der Waals surface area (Å²) in [4.78, 5) is 10.1. The molecule has 3 nitrogen and oxygen atoms in total. The molecule has 1 heterocycles. The van der Waals surface area contributed by atoms with Gasteiger partial charge in [-0.25, -0.2) is 0 Å². The highest BCUT2D eigenvalue weighted by atomic mass is 16.5. The number of ether oxygens (including phenoxy) is 1. The molecule has 1 aliphatic rings.